The number of hydrogen-bond acceptors (Lipinski definition) is 4. The summed E-state index contributed by atoms with van der Waals surface area (Å²) in [4.78, 5) is 25.1. The summed E-state index contributed by atoms with van der Waals surface area (Å²) in [6, 6.07) is -0.381. The Morgan fingerprint density at radius 2 is 2.29 bits per heavy atom. The summed E-state index contributed by atoms with van der Waals surface area (Å²) in [5.41, 5.74) is 5.48. The van der Waals surface area contributed by atoms with Crippen molar-refractivity contribution in [1.29, 1.82) is 0 Å². The zero-order chi connectivity index (χ0) is 12.4. The van der Waals surface area contributed by atoms with E-state index in [1.54, 1.807) is 11.9 Å². The highest BCUT2D eigenvalue weighted by Crippen LogP contribution is 2.19. The number of carbonyl (C=O) groups is 2. The lowest BCUT2D eigenvalue weighted by molar-refractivity contribution is -0.136. The fourth-order valence-electron chi connectivity index (χ4n) is 2.29. The highest BCUT2D eigenvalue weighted by Gasteiger charge is 2.35. The molecule has 2 heterocycles. The number of nitrogens with two attached hydrogens (primary N) is 1. The smallest absolute Gasteiger partial charge is 0.249 e. The summed E-state index contributed by atoms with van der Waals surface area (Å²) >= 11 is 0. The van der Waals surface area contributed by atoms with E-state index in [2.05, 4.69) is 5.32 Å². The second-order valence-electron chi connectivity index (χ2n) is 4.67. The van der Waals surface area contributed by atoms with Crippen molar-refractivity contribution in [3.63, 3.8) is 0 Å². The van der Waals surface area contributed by atoms with Crippen LogP contribution >= 0.6 is 0 Å². The monoisotopic (exact) mass is 241 g/mol. The molecule has 2 rings (SSSR count). The Morgan fingerprint density at radius 3 is 2.82 bits per heavy atom. The van der Waals surface area contributed by atoms with Gasteiger partial charge < -0.3 is 20.7 Å². The molecule has 2 amide bonds. The third-order valence-electron chi connectivity index (χ3n) is 3.41. The Morgan fingerprint density at radius 1 is 1.53 bits per heavy atom. The molecule has 0 aromatic heterocycles. The van der Waals surface area contributed by atoms with Crippen molar-refractivity contribution in [1.82, 2.24) is 10.2 Å². The Kier molecular flexibility index (Phi) is 3.63. The zero-order valence-corrected chi connectivity index (χ0v) is 10.0. The van der Waals surface area contributed by atoms with Crippen LogP contribution in [0.15, 0.2) is 0 Å². The average molecular weight is 241 g/mol. The normalized spacial score (nSPS) is 33.2. The molecule has 3 atom stereocenters. The van der Waals surface area contributed by atoms with Crippen LogP contribution in [0.25, 0.3) is 0 Å². The van der Waals surface area contributed by atoms with Crippen LogP contribution in [0.1, 0.15) is 19.3 Å². The van der Waals surface area contributed by atoms with E-state index in [9.17, 15) is 9.59 Å². The number of nitrogens with zero attached hydrogens (tertiary/aromatic N) is 1. The number of amides is 2. The molecule has 2 aliphatic heterocycles. The molecule has 96 valence electrons. The summed E-state index contributed by atoms with van der Waals surface area (Å²) in [5.74, 6) is -0.207. The van der Waals surface area contributed by atoms with Gasteiger partial charge in [0.15, 0.2) is 0 Å². The highest BCUT2D eigenvalue weighted by atomic mass is 16.5. The SMILES string of the molecule is CN1CCC(NC(=O)[C@@H]2CC[C@H](CN)O2)C1=O. The third kappa shape index (κ3) is 2.58. The number of rotatable bonds is 3. The molecule has 2 saturated heterocycles. The maximum absolute atomic E-state index is 11.9. The maximum atomic E-state index is 11.9. The van der Waals surface area contributed by atoms with Crippen molar-refractivity contribution in [2.75, 3.05) is 20.1 Å². The topological polar surface area (TPSA) is 84.7 Å². The Labute approximate surface area is 100 Å². The summed E-state index contributed by atoms with van der Waals surface area (Å²) in [5, 5.41) is 2.75. The zero-order valence-electron chi connectivity index (χ0n) is 10.0. The summed E-state index contributed by atoms with van der Waals surface area (Å²) in [7, 11) is 1.74. The van der Waals surface area contributed by atoms with Crippen molar-refractivity contribution in [3.05, 3.63) is 0 Å². The van der Waals surface area contributed by atoms with Crippen LogP contribution in [0, 0.1) is 0 Å². The average Bonchev–Trinajstić information content (AvgIpc) is 2.91. The van der Waals surface area contributed by atoms with Gasteiger partial charge in [0.2, 0.25) is 11.8 Å². The van der Waals surface area contributed by atoms with Crippen molar-refractivity contribution in [3.8, 4) is 0 Å². The van der Waals surface area contributed by atoms with Crippen LogP contribution < -0.4 is 11.1 Å². The van der Waals surface area contributed by atoms with Gasteiger partial charge in [-0.15, -0.1) is 0 Å². The van der Waals surface area contributed by atoms with Crippen LogP contribution in [0.5, 0.6) is 0 Å². The fourth-order valence-corrected chi connectivity index (χ4v) is 2.29. The van der Waals surface area contributed by atoms with E-state index in [0.717, 1.165) is 6.42 Å². The van der Waals surface area contributed by atoms with Gasteiger partial charge in [0, 0.05) is 20.1 Å². The van der Waals surface area contributed by atoms with Gasteiger partial charge in [0.1, 0.15) is 12.1 Å². The molecule has 0 spiro atoms. The number of likely N-dealkylation sites (N-methyl/N-ethyl adjacent to an activating group) is 1. The van der Waals surface area contributed by atoms with Gasteiger partial charge >= 0.3 is 0 Å². The van der Waals surface area contributed by atoms with Gasteiger partial charge in [0.25, 0.3) is 0 Å². The first kappa shape index (κ1) is 12.3. The molecule has 6 heteroatoms. The summed E-state index contributed by atoms with van der Waals surface area (Å²) < 4.78 is 5.48. The molecule has 6 nitrogen and oxygen atoms in total. The lowest BCUT2D eigenvalue weighted by Crippen LogP contribution is -2.45. The van der Waals surface area contributed by atoms with Crippen LogP contribution in [-0.4, -0.2) is 55.1 Å². The molecule has 0 radical (unpaired) electrons. The van der Waals surface area contributed by atoms with E-state index >= 15 is 0 Å². The van der Waals surface area contributed by atoms with E-state index in [1.807, 2.05) is 0 Å². The molecule has 3 N–H and O–H groups in total. The van der Waals surface area contributed by atoms with Crippen molar-refractivity contribution in [2.24, 2.45) is 5.73 Å². The Hall–Kier alpha value is -1.14. The molecule has 17 heavy (non-hydrogen) atoms. The molecule has 0 aromatic rings. The van der Waals surface area contributed by atoms with Crippen LogP contribution in [0.2, 0.25) is 0 Å². The number of carbonyl (C=O) groups excluding carboxylic acids is 2. The predicted octanol–water partition coefficient (Wildman–Crippen LogP) is -1.16. The van der Waals surface area contributed by atoms with E-state index in [4.69, 9.17) is 10.5 Å². The number of likely N-dealkylation sites (tertiary alicyclic amines) is 1. The quantitative estimate of drug-likeness (QED) is 0.652. The first-order valence-corrected chi connectivity index (χ1v) is 6.02. The lowest BCUT2D eigenvalue weighted by atomic mass is 10.1. The molecule has 2 aliphatic rings. The summed E-state index contributed by atoms with van der Waals surface area (Å²) in [6.45, 7) is 1.13. The number of nitrogens with one attached hydrogen (secondary N) is 1. The molecular weight excluding hydrogens is 222 g/mol. The van der Waals surface area contributed by atoms with Crippen molar-refractivity contribution < 1.29 is 14.3 Å². The van der Waals surface area contributed by atoms with E-state index in [1.165, 1.54) is 0 Å². The minimum Gasteiger partial charge on any atom is -0.364 e. The fraction of sp³-hybridized carbons (Fsp3) is 0.818. The minimum atomic E-state index is -0.442. The molecule has 1 unspecified atom stereocenters. The van der Waals surface area contributed by atoms with Crippen LogP contribution in [0.4, 0.5) is 0 Å². The number of hydrogen-bond donors (Lipinski definition) is 2. The third-order valence-corrected chi connectivity index (χ3v) is 3.41. The van der Waals surface area contributed by atoms with Crippen LogP contribution in [0.3, 0.4) is 0 Å². The number of ether oxygens (including phenoxy) is 1. The Bertz CT molecular complexity index is 321. The van der Waals surface area contributed by atoms with Gasteiger partial charge in [-0.25, -0.2) is 0 Å². The van der Waals surface area contributed by atoms with Gasteiger partial charge in [-0.1, -0.05) is 0 Å². The molecular formula is C11H19N3O3. The van der Waals surface area contributed by atoms with Gasteiger partial charge in [-0.3, -0.25) is 9.59 Å². The van der Waals surface area contributed by atoms with Crippen LogP contribution in [-0.2, 0) is 14.3 Å². The van der Waals surface area contributed by atoms with Gasteiger partial charge in [0.05, 0.1) is 6.10 Å². The first-order valence-electron chi connectivity index (χ1n) is 6.02. The molecule has 0 aromatic carbocycles. The molecule has 0 bridgehead atoms. The predicted molar refractivity (Wildman–Crippen MR) is 61.1 cm³/mol. The van der Waals surface area contributed by atoms with Crippen molar-refractivity contribution in [2.45, 2.75) is 37.5 Å². The largest absolute Gasteiger partial charge is 0.364 e. The molecule has 0 saturated carbocycles. The minimum absolute atomic E-state index is 0.0206. The summed E-state index contributed by atoms with van der Waals surface area (Å²) in [6.07, 6.45) is 1.71. The molecule has 0 aliphatic carbocycles. The van der Waals surface area contributed by atoms with E-state index in [-0.39, 0.29) is 24.0 Å². The molecule has 2 fully saturated rings. The standard InChI is InChI=1S/C11H19N3O3/c1-14-5-4-8(11(14)16)13-10(15)9-3-2-7(6-12)17-9/h7-9H,2-6,12H2,1H3,(H,13,15)/t7-,8?,9+/m1/s1. The second-order valence-corrected chi connectivity index (χ2v) is 4.67. The van der Waals surface area contributed by atoms with Gasteiger partial charge in [-0.05, 0) is 19.3 Å². The van der Waals surface area contributed by atoms with E-state index < -0.39 is 6.10 Å². The lowest BCUT2D eigenvalue weighted by Gasteiger charge is -2.16. The van der Waals surface area contributed by atoms with E-state index in [0.29, 0.717) is 25.9 Å². The van der Waals surface area contributed by atoms with Gasteiger partial charge in [-0.2, -0.15) is 0 Å². The maximum Gasteiger partial charge on any atom is 0.249 e. The highest BCUT2D eigenvalue weighted by molar-refractivity contribution is 5.90. The second kappa shape index (κ2) is 5.01. The van der Waals surface area contributed by atoms with Crippen molar-refractivity contribution >= 4 is 11.8 Å². The Balaban J connectivity index is 1.84. The first-order chi connectivity index (χ1) is 8.11.